The minimum atomic E-state index is -4.53. The van der Waals surface area contributed by atoms with Crippen LogP contribution in [0.4, 0.5) is 18.9 Å². The predicted molar refractivity (Wildman–Crippen MR) is 96.5 cm³/mol. The summed E-state index contributed by atoms with van der Waals surface area (Å²) >= 11 is 0. The fourth-order valence-electron chi connectivity index (χ4n) is 2.40. The molecule has 2 heterocycles. The summed E-state index contributed by atoms with van der Waals surface area (Å²) in [7, 11) is 0. The highest BCUT2D eigenvalue weighted by atomic mass is 19.4. The summed E-state index contributed by atoms with van der Waals surface area (Å²) in [6.07, 6.45) is 2.33. The van der Waals surface area contributed by atoms with Gasteiger partial charge in [-0.1, -0.05) is 6.92 Å². The topological polar surface area (TPSA) is 69.0 Å². The molecule has 3 rings (SSSR count). The minimum absolute atomic E-state index is 0.0491. The Kier molecular flexibility index (Phi) is 5.62. The van der Waals surface area contributed by atoms with E-state index >= 15 is 0 Å². The number of hydrogen-bond acceptors (Lipinski definition) is 4. The van der Waals surface area contributed by atoms with Gasteiger partial charge in [0.2, 0.25) is 0 Å². The summed E-state index contributed by atoms with van der Waals surface area (Å²) in [4.78, 5) is 20.6. The maximum atomic E-state index is 13.0. The van der Waals surface area contributed by atoms with E-state index in [1.165, 1.54) is 18.3 Å². The lowest BCUT2D eigenvalue weighted by molar-refractivity contribution is -0.137. The normalized spacial score (nSPS) is 11.3. The van der Waals surface area contributed by atoms with Gasteiger partial charge in [-0.15, -0.1) is 0 Å². The van der Waals surface area contributed by atoms with E-state index < -0.39 is 17.6 Å². The van der Waals surface area contributed by atoms with Crippen LogP contribution in [0, 0.1) is 0 Å². The number of ether oxygens (including phenoxy) is 1. The van der Waals surface area contributed by atoms with Gasteiger partial charge in [0.15, 0.2) is 0 Å². The number of amides is 1. The lowest BCUT2D eigenvalue weighted by Gasteiger charge is -2.15. The summed E-state index contributed by atoms with van der Waals surface area (Å²) in [5, 5.41) is 2.48. The number of nitrogens with one attached hydrogen (secondary N) is 1. The summed E-state index contributed by atoms with van der Waals surface area (Å²) in [6.45, 7) is 2.19. The zero-order chi connectivity index (χ0) is 20.1. The van der Waals surface area contributed by atoms with E-state index in [0.717, 1.165) is 12.1 Å². The van der Waals surface area contributed by atoms with E-state index in [4.69, 9.17) is 4.74 Å². The fraction of sp³-hybridized carbons (Fsp3) is 0.211. The third kappa shape index (κ3) is 4.48. The Morgan fingerprint density at radius 3 is 2.68 bits per heavy atom. The summed E-state index contributed by atoms with van der Waals surface area (Å²) < 4.78 is 46.2. The number of aromatic nitrogens is 3. The summed E-state index contributed by atoms with van der Waals surface area (Å²) in [6, 6.07) is 6.11. The Morgan fingerprint density at radius 2 is 2.07 bits per heavy atom. The van der Waals surface area contributed by atoms with Crippen LogP contribution in [0.5, 0.6) is 5.75 Å². The van der Waals surface area contributed by atoms with Crippen LogP contribution in [-0.2, 0) is 6.18 Å². The van der Waals surface area contributed by atoms with Crippen molar-refractivity contribution in [2.24, 2.45) is 0 Å². The lowest BCUT2D eigenvalue weighted by atomic mass is 10.1. The number of nitrogens with zero attached hydrogens (tertiary/aromatic N) is 3. The lowest BCUT2D eigenvalue weighted by Crippen LogP contribution is -2.15. The largest absolute Gasteiger partial charge is 0.491 e. The second-order valence-corrected chi connectivity index (χ2v) is 5.89. The first kappa shape index (κ1) is 19.4. The molecule has 146 valence electrons. The highest BCUT2D eigenvalue weighted by molar-refractivity contribution is 6.04. The summed E-state index contributed by atoms with van der Waals surface area (Å²) in [5.74, 6) is 0.136. The average Bonchev–Trinajstić information content (AvgIpc) is 3.21. The molecule has 0 bridgehead atoms. The Bertz CT molecular complexity index is 939. The second-order valence-electron chi connectivity index (χ2n) is 5.89. The molecule has 2 aromatic heterocycles. The quantitative estimate of drug-likeness (QED) is 0.680. The van der Waals surface area contributed by atoms with Crippen LogP contribution in [0.3, 0.4) is 0 Å². The molecular formula is C19H17F3N4O2. The van der Waals surface area contributed by atoms with E-state index in [2.05, 4.69) is 15.3 Å². The Labute approximate surface area is 159 Å². The smallest absolute Gasteiger partial charge is 0.416 e. The Morgan fingerprint density at radius 1 is 1.25 bits per heavy atom. The zero-order valence-corrected chi connectivity index (χ0v) is 14.9. The number of rotatable bonds is 6. The molecule has 1 amide bonds. The first-order chi connectivity index (χ1) is 13.4. The van der Waals surface area contributed by atoms with E-state index in [0.29, 0.717) is 18.8 Å². The van der Waals surface area contributed by atoms with Crippen LogP contribution < -0.4 is 10.1 Å². The molecule has 0 aliphatic rings. The molecule has 1 N–H and O–H groups in total. The standard InChI is InChI=1S/C19H17F3N4O2/c1-2-9-28-16-5-4-14(19(20,21)22)10-15(16)25-18(27)13-3-6-17(24-11-13)26-8-7-23-12-26/h3-8,10-12H,2,9H2,1H3,(H,25,27). The van der Waals surface area contributed by atoms with Gasteiger partial charge in [0.25, 0.3) is 5.91 Å². The van der Waals surface area contributed by atoms with E-state index in [1.807, 2.05) is 6.92 Å². The molecule has 0 saturated heterocycles. The van der Waals surface area contributed by atoms with Gasteiger partial charge in [-0.05, 0) is 36.8 Å². The van der Waals surface area contributed by atoms with Crippen LogP contribution in [-0.4, -0.2) is 27.0 Å². The highest BCUT2D eigenvalue weighted by Gasteiger charge is 2.31. The minimum Gasteiger partial charge on any atom is -0.491 e. The fourth-order valence-corrected chi connectivity index (χ4v) is 2.40. The third-order valence-electron chi connectivity index (χ3n) is 3.80. The van der Waals surface area contributed by atoms with Crippen molar-refractivity contribution >= 4 is 11.6 Å². The molecule has 0 spiro atoms. The molecule has 0 aliphatic carbocycles. The molecule has 0 radical (unpaired) electrons. The number of carbonyl (C=O) groups is 1. The van der Waals surface area contributed by atoms with Gasteiger partial charge in [-0.3, -0.25) is 9.36 Å². The van der Waals surface area contributed by atoms with Crippen molar-refractivity contribution in [2.75, 3.05) is 11.9 Å². The number of halogens is 3. The van der Waals surface area contributed by atoms with Gasteiger partial charge in [0.05, 0.1) is 23.4 Å². The molecule has 6 nitrogen and oxygen atoms in total. The van der Waals surface area contributed by atoms with Crippen molar-refractivity contribution in [3.05, 3.63) is 66.4 Å². The molecular weight excluding hydrogens is 373 g/mol. The molecule has 1 aromatic carbocycles. The monoisotopic (exact) mass is 390 g/mol. The molecule has 0 unspecified atom stereocenters. The maximum absolute atomic E-state index is 13.0. The molecule has 0 atom stereocenters. The number of pyridine rings is 1. The van der Waals surface area contributed by atoms with E-state index in [-0.39, 0.29) is 17.0 Å². The van der Waals surface area contributed by atoms with Crippen LogP contribution in [0.1, 0.15) is 29.3 Å². The van der Waals surface area contributed by atoms with Crippen LogP contribution in [0.2, 0.25) is 0 Å². The first-order valence-corrected chi connectivity index (χ1v) is 8.48. The number of alkyl halides is 3. The van der Waals surface area contributed by atoms with Gasteiger partial charge in [0, 0.05) is 18.6 Å². The molecule has 9 heteroatoms. The summed E-state index contributed by atoms with van der Waals surface area (Å²) in [5.41, 5.74) is -0.727. The SMILES string of the molecule is CCCOc1ccc(C(F)(F)F)cc1NC(=O)c1ccc(-n2ccnc2)nc1. The molecule has 0 aliphatic heterocycles. The van der Waals surface area contributed by atoms with E-state index in [9.17, 15) is 18.0 Å². The van der Waals surface area contributed by atoms with Crippen molar-refractivity contribution in [1.29, 1.82) is 0 Å². The van der Waals surface area contributed by atoms with Crippen molar-refractivity contribution in [3.8, 4) is 11.6 Å². The number of benzene rings is 1. The van der Waals surface area contributed by atoms with Crippen molar-refractivity contribution in [3.63, 3.8) is 0 Å². The van der Waals surface area contributed by atoms with Crippen molar-refractivity contribution in [1.82, 2.24) is 14.5 Å². The van der Waals surface area contributed by atoms with Crippen LogP contribution in [0.25, 0.3) is 5.82 Å². The third-order valence-corrected chi connectivity index (χ3v) is 3.80. The molecule has 3 aromatic rings. The second kappa shape index (κ2) is 8.12. The highest BCUT2D eigenvalue weighted by Crippen LogP contribution is 2.35. The molecule has 0 fully saturated rings. The number of hydrogen-bond donors (Lipinski definition) is 1. The van der Waals surface area contributed by atoms with Crippen LogP contribution in [0.15, 0.2) is 55.2 Å². The average molecular weight is 390 g/mol. The van der Waals surface area contributed by atoms with Crippen LogP contribution >= 0.6 is 0 Å². The van der Waals surface area contributed by atoms with Gasteiger partial charge >= 0.3 is 6.18 Å². The zero-order valence-electron chi connectivity index (χ0n) is 14.9. The van der Waals surface area contributed by atoms with Crippen molar-refractivity contribution < 1.29 is 22.7 Å². The molecule has 0 saturated carbocycles. The van der Waals surface area contributed by atoms with Gasteiger partial charge in [0.1, 0.15) is 17.9 Å². The van der Waals surface area contributed by atoms with Gasteiger partial charge in [-0.25, -0.2) is 9.97 Å². The van der Waals surface area contributed by atoms with E-state index in [1.54, 1.807) is 29.4 Å². The predicted octanol–water partition coefficient (Wildman–Crippen LogP) is 4.33. The Hall–Kier alpha value is -3.36. The number of carbonyl (C=O) groups excluding carboxylic acids is 1. The van der Waals surface area contributed by atoms with Gasteiger partial charge in [-0.2, -0.15) is 13.2 Å². The number of anilines is 1. The number of imidazole rings is 1. The maximum Gasteiger partial charge on any atom is 0.416 e. The molecule has 28 heavy (non-hydrogen) atoms. The first-order valence-electron chi connectivity index (χ1n) is 8.48. The van der Waals surface area contributed by atoms with Gasteiger partial charge < -0.3 is 10.1 Å². The Balaban J connectivity index is 1.83. The van der Waals surface area contributed by atoms with Crippen molar-refractivity contribution in [2.45, 2.75) is 19.5 Å².